The van der Waals surface area contributed by atoms with E-state index < -0.39 is 0 Å². The van der Waals surface area contributed by atoms with Crippen LogP contribution in [0.15, 0.2) is 48.5 Å². The van der Waals surface area contributed by atoms with E-state index in [-0.39, 0.29) is 11.3 Å². The van der Waals surface area contributed by atoms with Gasteiger partial charge in [-0.05, 0) is 61.6 Å². The van der Waals surface area contributed by atoms with Crippen molar-refractivity contribution < 1.29 is 14.3 Å². The number of nitrogens with one attached hydrogen (secondary N) is 1. The van der Waals surface area contributed by atoms with E-state index in [1.807, 2.05) is 49.4 Å². The number of hydrogen-bond donors (Lipinski definition) is 1. The predicted molar refractivity (Wildman–Crippen MR) is 112 cm³/mol. The molecule has 2 aromatic carbocycles. The number of carbonyl (C=O) groups excluding carboxylic acids is 1. The van der Waals surface area contributed by atoms with Gasteiger partial charge in [-0.25, -0.2) is 0 Å². The highest BCUT2D eigenvalue weighted by molar-refractivity contribution is 6.30. The summed E-state index contributed by atoms with van der Waals surface area (Å²) in [6.45, 7) is 4.63. The zero-order chi connectivity index (χ0) is 19.8. The number of ether oxygens (including phenoxy) is 2. The van der Waals surface area contributed by atoms with Crippen LogP contribution in [0.25, 0.3) is 0 Å². The molecule has 1 fully saturated rings. The van der Waals surface area contributed by atoms with Gasteiger partial charge in [-0.15, -0.1) is 0 Å². The van der Waals surface area contributed by atoms with Crippen LogP contribution in [0.5, 0.6) is 5.75 Å². The molecular formula is C23H28ClNO3. The molecule has 0 saturated carbocycles. The van der Waals surface area contributed by atoms with Crippen LogP contribution in [0.1, 0.15) is 37.3 Å². The summed E-state index contributed by atoms with van der Waals surface area (Å²) >= 11 is 6.21. The Labute approximate surface area is 172 Å². The molecule has 4 nitrogen and oxygen atoms in total. The summed E-state index contributed by atoms with van der Waals surface area (Å²) in [5, 5.41) is 3.88. The van der Waals surface area contributed by atoms with E-state index in [4.69, 9.17) is 21.1 Å². The molecule has 1 saturated heterocycles. The Morgan fingerprint density at radius 1 is 1.18 bits per heavy atom. The lowest BCUT2D eigenvalue weighted by atomic mass is 9.74. The molecule has 28 heavy (non-hydrogen) atoms. The van der Waals surface area contributed by atoms with E-state index in [1.54, 1.807) is 0 Å². The van der Waals surface area contributed by atoms with E-state index in [0.717, 1.165) is 29.2 Å². The lowest BCUT2D eigenvalue weighted by Gasteiger charge is -2.38. The van der Waals surface area contributed by atoms with E-state index in [2.05, 4.69) is 11.4 Å². The average Bonchev–Trinajstić information content (AvgIpc) is 2.73. The van der Waals surface area contributed by atoms with Crippen LogP contribution in [-0.4, -0.2) is 32.3 Å². The van der Waals surface area contributed by atoms with Crippen LogP contribution >= 0.6 is 11.6 Å². The van der Waals surface area contributed by atoms with Crippen molar-refractivity contribution >= 4 is 17.5 Å². The molecule has 2 aromatic rings. The van der Waals surface area contributed by atoms with Gasteiger partial charge >= 0.3 is 0 Å². The first kappa shape index (κ1) is 20.7. The van der Waals surface area contributed by atoms with Gasteiger partial charge in [-0.3, -0.25) is 4.79 Å². The summed E-state index contributed by atoms with van der Waals surface area (Å²) in [6.07, 6.45) is 2.95. The molecule has 1 heterocycles. The summed E-state index contributed by atoms with van der Waals surface area (Å²) in [6, 6.07) is 15.9. The summed E-state index contributed by atoms with van der Waals surface area (Å²) in [5.41, 5.74) is 2.20. The summed E-state index contributed by atoms with van der Waals surface area (Å²) < 4.78 is 11.0. The number of benzene rings is 2. The van der Waals surface area contributed by atoms with Crippen LogP contribution in [0, 0.1) is 0 Å². The Balaban J connectivity index is 1.56. The van der Waals surface area contributed by atoms with Crippen LogP contribution in [0.2, 0.25) is 5.02 Å². The summed E-state index contributed by atoms with van der Waals surface area (Å²) in [5.74, 6) is 0.931. The molecule has 0 spiro atoms. The molecule has 150 valence electrons. The number of rotatable bonds is 8. The van der Waals surface area contributed by atoms with Gasteiger partial charge in [0.25, 0.3) is 0 Å². The quantitative estimate of drug-likeness (QED) is 0.706. The summed E-state index contributed by atoms with van der Waals surface area (Å²) in [7, 11) is 0. The topological polar surface area (TPSA) is 47.6 Å². The molecule has 1 aliphatic rings. The van der Waals surface area contributed by atoms with Crippen LogP contribution in [0.4, 0.5) is 0 Å². The van der Waals surface area contributed by atoms with Crippen LogP contribution in [0.3, 0.4) is 0 Å². The summed E-state index contributed by atoms with van der Waals surface area (Å²) in [4.78, 5) is 12.5. The van der Waals surface area contributed by atoms with Gasteiger partial charge in [0.15, 0.2) is 0 Å². The first-order chi connectivity index (χ1) is 13.6. The SMILES string of the molecule is CCOc1ccc(CCC(=O)NCC2(c3cccc(Cl)c3)CCOCC2)cc1. The predicted octanol–water partition coefficient (Wildman–Crippen LogP) is 4.54. The Kier molecular flexibility index (Phi) is 7.35. The number of hydrogen-bond acceptors (Lipinski definition) is 3. The van der Waals surface area contributed by atoms with Crippen molar-refractivity contribution in [3.05, 3.63) is 64.7 Å². The second-order valence-corrected chi connectivity index (χ2v) is 7.69. The molecule has 1 aliphatic heterocycles. The van der Waals surface area contributed by atoms with Crippen molar-refractivity contribution in [2.75, 3.05) is 26.4 Å². The third-order valence-corrected chi connectivity index (χ3v) is 5.62. The Morgan fingerprint density at radius 3 is 2.61 bits per heavy atom. The lowest BCUT2D eigenvalue weighted by molar-refractivity contribution is -0.121. The minimum absolute atomic E-state index is 0.0711. The van der Waals surface area contributed by atoms with Crippen molar-refractivity contribution in [3.8, 4) is 5.75 Å². The zero-order valence-electron chi connectivity index (χ0n) is 16.4. The maximum Gasteiger partial charge on any atom is 0.220 e. The minimum Gasteiger partial charge on any atom is -0.494 e. The molecule has 0 aromatic heterocycles. The highest BCUT2D eigenvalue weighted by Gasteiger charge is 2.34. The molecule has 1 N–H and O–H groups in total. The molecule has 0 unspecified atom stereocenters. The van der Waals surface area contributed by atoms with Crippen LogP contribution in [-0.2, 0) is 21.4 Å². The highest BCUT2D eigenvalue weighted by Crippen LogP contribution is 2.35. The minimum atomic E-state index is -0.113. The Bertz CT molecular complexity index is 770. The van der Waals surface area contributed by atoms with Gasteiger partial charge in [0, 0.05) is 36.6 Å². The van der Waals surface area contributed by atoms with E-state index in [9.17, 15) is 4.79 Å². The molecule has 0 radical (unpaired) electrons. The molecule has 1 amide bonds. The fourth-order valence-electron chi connectivity index (χ4n) is 3.68. The molecule has 0 aliphatic carbocycles. The molecule has 0 bridgehead atoms. The third-order valence-electron chi connectivity index (χ3n) is 5.39. The van der Waals surface area contributed by atoms with Crippen LogP contribution < -0.4 is 10.1 Å². The maximum atomic E-state index is 12.5. The van der Waals surface area contributed by atoms with Crippen molar-refractivity contribution in [1.29, 1.82) is 0 Å². The standard InChI is InChI=1S/C23H28ClNO3/c1-2-28-21-9-6-18(7-10-21)8-11-22(26)25-17-23(12-14-27-15-13-23)19-4-3-5-20(24)16-19/h3-7,9-10,16H,2,8,11-15,17H2,1H3,(H,25,26). The number of halogens is 1. The normalized spacial score (nSPS) is 15.8. The highest BCUT2D eigenvalue weighted by atomic mass is 35.5. The van der Waals surface area contributed by atoms with Crippen molar-refractivity contribution in [3.63, 3.8) is 0 Å². The fourth-order valence-corrected chi connectivity index (χ4v) is 3.87. The number of carbonyl (C=O) groups is 1. The first-order valence-corrected chi connectivity index (χ1v) is 10.3. The second kappa shape index (κ2) is 9.94. The van der Waals surface area contributed by atoms with Crippen molar-refractivity contribution in [2.24, 2.45) is 0 Å². The number of amides is 1. The van der Waals surface area contributed by atoms with E-state index in [0.29, 0.717) is 39.2 Å². The number of aryl methyl sites for hydroxylation is 1. The monoisotopic (exact) mass is 401 g/mol. The molecule has 5 heteroatoms. The smallest absolute Gasteiger partial charge is 0.220 e. The molecule has 0 atom stereocenters. The third kappa shape index (κ3) is 5.49. The van der Waals surface area contributed by atoms with Gasteiger partial charge in [0.1, 0.15) is 5.75 Å². The average molecular weight is 402 g/mol. The zero-order valence-corrected chi connectivity index (χ0v) is 17.1. The van der Waals surface area contributed by atoms with Gasteiger partial charge in [-0.1, -0.05) is 35.9 Å². The fraction of sp³-hybridized carbons (Fsp3) is 0.435. The molecule has 3 rings (SSSR count). The van der Waals surface area contributed by atoms with E-state index >= 15 is 0 Å². The van der Waals surface area contributed by atoms with Crippen molar-refractivity contribution in [1.82, 2.24) is 5.32 Å². The molecular weight excluding hydrogens is 374 g/mol. The van der Waals surface area contributed by atoms with Gasteiger partial charge in [0.2, 0.25) is 5.91 Å². The van der Waals surface area contributed by atoms with Crippen molar-refractivity contribution in [2.45, 2.75) is 38.0 Å². The maximum absolute atomic E-state index is 12.5. The van der Waals surface area contributed by atoms with E-state index in [1.165, 1.54) is 5.56 Å². The Hall–Kier alpha value is -2.04. The largest absolute Gasteiger partial charge is 0.494 e. The van der Waals surface area contributed by atoms with Gasteiger partial charge in [0.05, 0.1) is 6.61 Å². The second-order valence-electron chi connectivity index (χ2n) is 7.26. The lowest BCUT2D eigenvalue weighted by Crippen LogP contribution is -2.44. The first-order valence-electron chi connectivity index (χ1n) is 9.93. The van der Waals surface area contributed by atoms with Gasteiger partial charge < -0.3 is 14.8 Å². The van der Waals surface area contributed by atoms with Gasteiger partial charge in [-0.2, -0.15) is 0 Å². The Morgan fingerprint density at radius 2 is 1.93 bits per heavy atom.